The van der Waals surface area contributed by atoms with Gasteiger partial charge >= 0.3 is 0 Å². The van der Waals surface area contributed by atoms with Crippen molar-refractivity contribution in [3.8, 4) is 5.69 Å². The summed E-state index contributed by atoms with van der Waals surface area (Å²) in [5.74, 6) is -0.945. The summed E-state index contributed by atoms with van der Waals surface area (Å²) >= 11 is 3.18. The van der Waals surface area contributed by atoms with Gasteiger partial charge in [0, 0.05) is 12.6 Å². The molecule has 1 N–H and O–H groups in total. The highest BCUT2D eigenvalue weighted by Gasteiger charge is 2.45. The van der Waals surface area contributed by atoms with Crippen molar-refractivity contribution in [3.63, 3.8) is 0 Å². The molecule has 10 heteroatoms. The lowest BCUT2D eigenvalue weighted by molar-refractivity contribution is 0.0600. The average Bonchev–Trinajstić information content (AvgIpc) is 3.50. The maximum atomic E-state index is 15.3. The summed E-state index contributed by atoms with van der Waals surface area (Å²) in [5, 5.41) is 8.15. The minimum absolute atomic E-state index is 0.0841. The Kier molecular flexibility index (Phi) is 4.85. The van der Waals surface area contributed by atoms with E-state index in [1.54, 1.807) is 30.0 Å². The molecule has 1 amide bonds. The number of nitrogens with one attached hydrogen (secondary N) is 1. The quantitative estimate of drug-likeness (QED) is 0.444. The van der Waals surface area contributed by atoms with E-state index in [9.17, 15) is 9.18 Å². The van der Waals surface area contributed by atoms with Crippen molar-refractivity contribution < 1.29 is 13.6 Å². The number of imidazole rings is 1. The van der Waals surface area contributed by atoms with Crippen molar-refractivity contribution in [1.82, 2.24) is 29.9 Å². The number of hydrogen-bond donors (Lipinski definition) is 1. The van der Waals surface area contributed by atoms with E-state index in [0.29, 0.717) is 39.9 Å². The van der Waals surface area contributed by atoms with Crippen LogP contribution in [0.5, 0.6) is 0 Å². The number of aromatic nitrogens is 5. The molecule has 1 aliphatic heterocycles. The number of carbonyl (C=O) groups is 1. The SMILES string of the molecule is Cc1ccc(-n2nccn2)c(C(=O)N2CCCC2(C)c2nc3cc(Br)c(F)cc3[nH]2)c1F. The third kappa shape index (κ3) is 3.12. The Balaban J connectivity index is 1.61. The number of H-pyrrole nitrogens is 1. The Morgan fingerprint density at radius 2 is 1.97 bits per heavy atom. The Labute approximate surface area is 190 Å². The van der Waals surface area contributed by atoms with E-state index in [2.05, 4.69) is 36.1 Å². The summed E-state index contributed by atoms with van der Waals surface area (Å²) in [6.07, 6.45) is 4.29. The molecule has 1 aliphatic rings. The Morgan fingerprint density at radius 1 is 1.22 bits per heavy atom. The number of carbonyl (C=O) groups excluding carboxylic acids is 1. The predicted octanol–water partition coefficient (Wildman–Crippen LogP) is 4.64. The molecule has 3 heterocycles. The van der Waals surface area contributed by atoms with Gasteiger partial charge in [-0.3, -0.25) is 4.79 Å². The van der Waals surface area contributed by atoms with Crippen molar-refractivity contribution in [2.75, 3.05) is 6.54 Å². The van der Waals surface area contributed by atoms with Crippen molar-refractivity contribution in [3.05, 3.63) is 69.7 Å². The van der Waals surface area contributed by atoms with Gasteiger partial charge in [-0.15, -0.1) is 0 Å². The number of benzene rings is 2. The van der Waals surface area contributed by atoms with Crippen LogP contribution in [0.1, 0.15) is 41.5 Å². The summed E-state index contributed by atoms with van der Waals surface area (Å²) in [4.78, 5) is 24.4. The first-order valence-electron chi connectivity index (χ1n) is 10.1. The number of rotatable bonds is 3. The van der Waals surface area contributed by atoms with Gasteiger partial charge in [-0.2, -0.15) is 15.0 Å². The molecule has 0 bridgehead atoms. The molecule has 2 aromatic heterocycles. The zero-order valence-electron chi connectivity index (χ0n) is 17.4. The molecule has 7 nitrogen and oxygen atoms in total. The van der Waals surface area contributed by atoms with Gasteiger partial charge in [0.1, 0.15) is 28.7 Å². The summed E-state index contributed by atoms with van der Waals surface area (Å²) in [7, 11) is 0. The van der Waals surface area contributed by atoms with Gasteiger partial charge in [-0.05, 0) is 60.3 Å². The third-order valence-electron chi connectivity index (χ3n) is 6.08. The van der Waals surface area contributed by atoms with E-state index in [-0.39, 0.29) is 11.3 Å². The number of amides is 1. The highest BCUT2D eigenvalue weighted by atomic mass is 79.9. The molecule has 1 unspecified atom stereocenters. The summed E-state index contributed by atoms with van der Waals surface area (Å²) in [6, 6.07) is 6.19. The van der Waals surface area contributed by atoms with Crippen LogP contribution >= 0.6 is 15.9 Å². The molecule has 164 valence electrons. The highest BCUT2D eigenvalue weighted by Crippen LogP contribution is 2.40. The Hall–Kier alpha value is -3.14. The minimum Gasteiger partial charge on any atom is -0.340 e. The average molecular weight is 501 g/mol. The standard InChI is InChI=1S/C22H19BrF2N6O/c1-12-4-5-17(31-26-7-8-27-31)18(19(12)25)20(32)30-9-3-6-22(30,2)21-28-15-10-13(23)14(24)11-16(15)29-21/h4-5,7-8,10-11H,3,6,9H2,1-2H3,(H,28,29). The van der Waals surface area contributed by atoms with Gasteiger partial charge in [0.25, 0.3) is 5.91 Å². The number of hydrogen-bond acceptors (Lipinski definition) is 4. The molecule has 1 saturated heterocycles. The lowest BCUT2D eigenvalue weighted by Crippen LogP contribution is -2.44. The topological polar surface area (TPSA) is 79.7 Å². The second kappa shape index (κ2) is 7.47. The van der Waals surface area contributed by atoms with E-state index >= 15 is 4.39 Å². The number of halogens is 3. The summed E-state index contributed by atoms with van der Waals surface area (Å²) in [5.41, 5.74) is 0.840. The summed E-state index contributed by atoms with van der Waals surface area (Å²) in [6.45, 7) is 3.94. The lowest BCUT2D eigenvalue weighted by atomic mass is 9.96. The van der Waals surface area contributed by atoms with Gasteiger partial charge in [0.15, 0.2) is 0 Å². The van der Waals surface area contributed by atoms with Crippen LogP contribution < -0.4 is 0 Å². The molecule has 5 rings (SSSR count). The van der Waals surface area contributed by atoms with Gasteiger partial charge in [0.2, 0.25) is 0 Å². The second-order valence-electron chi connectivity index (χ2n) is 8.11. The molecule has 1 atom stereocenters. The van der Waals surface area contributed by atoms with Crippen LogP contribution in [0.25, 0.3) is 16.7 Å². The van der Waals surface area contributed by atoms with Crippen LogP contribution in [0.2, 0.25) is 0 Å². The van der Waals surface area contributed by atoms with Gasteiger partial charge in [0.05, 0.1) is 33.4 Å². The zero-order chi connectivity index (χ0) is 22.6. The minimum atomic E-state index is -0.815. The van der Waals surface area contributed by atoms with E-state index in [0.717, 1.165) is 6.42 Å². The number of aryl methyl sites for hydroxylation is 1. The van der Waals surface area contributed by atoms with Crippen molar-refractivity contribution in [1.29, 1.82) is 0 Å². The molecular formula is C22H19BrF2N6O. The molecular weight excluding hydrogens is 482 g/mol. The van der Waals surface area contributed by atoms with E-state index in [1.165, 1.54) is 23.3 Å². The van der Waals surface area contributed by atoms with Gasteiger partial charge in [-0.25, -0.2) is 13.8 Å². The lowest BCUT2D eigenvalue weighted by Gasteiger charge is -2.34. The van der Waals surface area contributed by atoms with Crippen LogP contribution in [0.4, 0.5) is 8.78 Å². The summed E-state index contributed by atoms with van der Waals surface area (Å²) < 4.78 is 29.6. The van der Waals surface area contributed by atoms with Crippen LogP contribution in [0, 0.1) is 18.6 Å². The number of nitrogens with zero attached hydrogens (tertiary/aromatic N) is 5. The van der Waals surface area contributed by atoms with Gasteiger partial charge < -0.3 is 9.88 Å². The fourth-order valence-electron chi connectivity index (χ4n) is 4.31. The van der Waals surface area contributed by atoms with Crippen molar-refractivity contribution in [2.45, 2.75) is 32.2 Å². The van der Waals surface area contributed by atoms with E-state index < -0.39 is 23.1 Å². The largest absolute Gasteiger partial charge is 0.340 e. The van der Waals surface area contributed by atoms with Crippen LogP contribution in [-0.4, -0.2) is 42.3 Å². The molecule has 0 spiro atoms. The molecule has 4 aromatic rings. The second-order valence-corrected chi connectivity index (χ2v) is 8.97. The molecule has 1 fully saturated rings. The molecule has 2 aromatic carbocycles. The highest BCUT2D eigenvalue weighted by molar-refractivity contribution is 9.10. The van der Waals surface area contributed by atoms with Crippen molar-refractivity contribution >= 4 is 32.9 Å². The third-order valence-corrected chi connectivity index (χ3v) is 6.69. The van der Waals surface area contributed by atoms with Crippen LogP contribution in [-0.2, 0) is 5.54 Å². The Bertz CT molecular complexity index is 1310. The van der Waals surface area contributed by atoms with E-state index in [1.807, 2.05) is 6.92 Å². The number of fused-ring (bicyclic) bond motifs is 1. The molecule has 0 saturated carbocycles. The zero-order valence-corrected chi connectivity index (χ0v) is 18.9. The Morgan fingerprint density at radius 3 is 2.72 bits per heavy atom. The predicted molar refractivity (Wildman–Crippen MR) is 117 cm³/mol. The van der Waals surface area contributed by atoms with Crippen molar-refractivity contribution in [2.24, 2.45) is 0 Å². The smallest absolute Gasteiger partial charge is 0.259 e. The molecule has 0 radical (unpaired) electrons. The monoisotopic (exact) mass is 500 g/mol. The maximum Gasteiger partial charge on any atom is 0.259 e. The number of aromatic amines is 1. The van der Waals surface area contributed by atoms with Crippen LogP contribution in [0.15, 0.2) is 41.1 Å². The van der Waals surface area contributed by atoms with Gasteiger partial charge in [-0.1, -0.05) is 6.07 Å². The normalized spacial score (nSPS) is 18.6. The first-order valence-corrected chi connectivity index (χ1v) is 10.9. The fraction of sp³-hybridized carbons (Fsp3) is 0.273. The number of likely N-dealkylation sites (tertiary alicyclic amines) is 1. The maximum absolute atomic E-state index is 15.3. The van der Waals surface area contributed by atoms with E-state index in [4.69, 9.17) is 0 Å². The fourth-order valence-corrected chi connectivity index (χ4v) is 4.64. The van der Waals surface area contributed by atoms with Crippen LogP contribution in [0.3, 0.4) is 0 Å². The molecule has 0 aliphatic carbocycles. The first kappa shape index (κ1) is 20.7. The molecule has 32 heavy (non-hydrogen) atoms. The first-order chi connectivity index (χ1) is 15.3.